The van der Waals surface area contributed by atoms with Gasteiger partial charge in [0.15, 0.2) is 13.2 Å². The number of hydrogen-bond acceptors (Lipinski definition) is 5. The quantitative estimate of drug-likeness (QED) is 0.755. The number of rotatable bonds is 7. The summed E-state index contributed by atoms with van der Waals surface area (Å²) in [5.74, 6) is -0.684. The third kappa shape index (κ3) is 5.80. The molecule has 2 aromatic rings. The maximum atomic E-state index is 11.9. The van der Waals surface area contributed by atoms with Crippen LogP contribution in [0.25, 0.3) is 0 Å². The maximum absolute atomic E-state index is 11.9. The second-order valence-corrected chi connectivity index (χ2v) is 5.80. The Morgan fingerprint density at radius 3 is 2.50 bits per heavy atom. The summed E-state index contributed by atoms with van der Waals surface area (Å²) < 4.78 is 10.1. The summed E-state index contributed by atoms with van der Waals surface area (Å²) in [4.78, 5) is 23.5. The van der Waals surface area contributed by atoms with Gasteiger partial charge in [-0.3, -0.25) is 4.79 Å². The van der Waals surface area contributed by atoms with Crippen LogP contribution in [-0.2, 0) is 14.3 Å². The van der Waals surface area contributed by atoms with Gasteiger partial charge in [0.05, 0.1) is 17.7 Å². The number of amides is 1. The van der Waals surface area contributed by atoms with E-state index < -0.39 is 18.5 Å². The van der Waals surface area contributed by atoms with E-state index in [1.165, 1.54) is 0 Å². The molecule has 0 aliphatic heterocycles. The van der Waals surface area contributed by atoms with Crippen molar-refractivity contribution in [2.75, 3.05) is 13.2 Å². The van der Waals surface area contributed by atoms with Crippen molar-refractivity contribution in [3.8, 4) is 11.8 Å². The van der Waals surface area contributed by atoms with Crippen LogP contribution in [0.5, 0.6) is 5.75 Å². The highest BCUT2D eigenvalue weighted by Gasteiger charge is 2.14. The van der Waals surface area contributed by atoms with E-state index in [9.17, 15) is 9.59 Å². The van der Waals surface area contributed by atoms with Crippen LogP contribution in [0.2, 0.25) is 5.02 Å². The highest BCUT2D eigenvalue weighted by molar-refractivity contribution is 6.31. The molecule has 1 N–H and O–H groups in total. The second kappa shape index (κ2) is 9.44. The lowest BCUT2D eigenvalue weighted by Crippen LogP contribution is -2.32. The highest BCUT2D eigenvalue weighted by Crippen LogP contribution is 2.21. The molecule has 1 amide bonds. The van der Waals surface area contributed by atoms with Crippen molar-refractivity contribution in [2.24, 2.45) is 0 Å². The van der Waals surface area contributed by atoms with Gasteiger partial charge in [0, 0.05) is 5.02 Å². The lowest BCUT2D eigenvalue weighted by atomic mass is 10.1. The average molecular weight is 373 g/mol. The molecule has 0 unspecified atom stereocenters. The molecule has 0 bridgehead atoms. The number of carbonyl (C=O) groups is 2. The van der Waals surface area contributed by atoms with Gasteiger partial charge in [0.1, 0.15) is 5.75 Å². The first kappa shape index (κ1) is 19.3. The summed E-state index contributed by atoms with van der Waals surface area (Å²) in [5.41, 5.74) is 1.27. The Labute approximate surface area is 156 Å². The van der Waals surface area contributed by atoms with Crippen molar-refractivity contribution in [2.45, 2.75) is 13.0 Å². The maximum Gasteiger partial charge on any atom is 0.344 e. The molecular weight excluding hydrogens is 356 g/mol. The van der Waals surface area contributed by atoms with Gasteiger partial charge in [-0.2, -0.15) is 5.26 Å². The number of halogens is 1. The monoisotopic (exact) mass is 372 g/mol. The second-order valence-electron chi connectivity index (χ2n) is 5.40. The zero-order chi connectivity index (χ0) is 18.9. The molecule has 0 radical (unpaired) electrons. The summed E-state index contributed by atoms with van der Waals surface area (Å²) in [6.07, 6.45) is 0. The van der Waals surface area contributed by atoms with Crippen LogP contribution in [0.1, 0.15) is 24.1 Å². The number of hydrogen-bond donors (Lipinski definition) is 1. The topological polar surface area (TPSA) is 88.4 Å². The van der Waals surface area contributed by atoms with Gasteiger partial charge in [-0.15, -0.1) is 0 Å². The Morgan fingerprint density at radius 1 is 1.15 bits per heavy atom. The minimum atomic E-state index is -0.671. The van der Waals surface area contributed by atoms with E-state index in [0.29, 0.717) is 16.3 Å². The van der Waals surface area contributed by atoms with E-state index in [1.807, 2.05) is 18.2 Å². The molecule has 0 aromatic heterocycles. The van der Waals surface area contributed by atoms with Crippen LogP contribution >= 0.6 is 11.6 Å². The number of benzene rings is 2. The summed E-state index contributed by atoms with van der Waals surface area (Å²) in [6.45, 7) is 1.04. The number of nitrogens with zero attached hydrogens (tertiary/aromatic N) is 1. The van der Waals surface area contributed by atoms with Crippen LogP contribution in [0.15, 0.2) is 48.5 Å². The Bertz CT molecular complexity index is 815. The molecule has 0 aliphatic carbocycles. The minimum absolute atomic E-state index is 0.315. The predicted octanol–water partition coefficient (Wildman–Crippen LogP) is 3.01. The van der Waals surface area contributed by atoms with Gasteiger partial charge in [-0.1, -0.05) is 29.8 Å². The Hall–Kier alpha value is -3.04. The Kier molecular flexibility index (Phi) is 7.01. The first-order valence-corrected chi connectivity index (χ1v) is 8.19. The van der Waals surface area contributed by atoms with Crippen LogP contribution in [0.3, 0.4) is 0 Å². The predicted molar refractivity (Wildman–Crippen MR) is 95.6 cm³/mol. The van der Waals surface area contributed by atoms with Gasteiger partial charge in [-0.25, -0.2) is 4.79 Å². The molecule has 0 fully saturated rings. The number of nitriles is 1. The molecular formula is C19H17ClN2O4. The fourth-order valence-electron chi connectivity index (χ4n) is 2.14. The third-order valence-corrected chi connectivity index (χ3v) is 3.80. The lowest BCUT2D eigenvalue weighted by molar-refractivity contribution is -0.150. The fourth-order valence-corrected chi connectivity index (χ4v) is 2.44. The van der Waals surface area contributed by atoms with Crippen LogP contribution in [-0.4, -0.2) is 25.1 Å². The largest absolute Gasteiger partial charge is 0.482 e. The van der Waals surface area contributed by atoms with Gasteiger partial charge in [0.2, 0.25) is 0 Å². The number of nitrogens with one attached hydrogen (secondary N) is 1. The molecule has 2 rings (SSSR count). The molecule has 7 heteroatoms. The molecule has 0 saturated heterocycles. The van der Waals surface area contributed by atoms with Crippen molar-refractivity contribution < 1.29 is 19.1 Å². The lowest BCUT2D eigenvalue weighted by Gasteiger charge is -2.15. The normalized spacial score (nSPS) is 11.1. The van der Waals surface area contributed by atoms with Gasteiger partial charge >= 0.3 is 5.97 Å². The first-order valence-electron chi connectivity index (χ1n) is 7.82. The van der Waals surface area contributed by atoms with Crippen LogP contribution < -0.4 is 10.1 Å². The first-order chi connectivity index (χ1) is 12.5. The zero-order valence-electron chi connectivity index (χ0n) is 14.1. The van der Waals surface area contributed by atoms with E-state index in [-0.39, 0.29) is 12.6 Å². The molecule has 26 heavy (non-hydrogen) atoms. The highest BCUT2D eigenvalue weighted by atomic mass is 35.5. The number of esters is 1. The molecule has 134 valence electrons. The van der Waals surface area contributed by atoms with Crippen molar-refractivity contribution in [1.82, 2.24) is 5.32 Å². The number of ether oxygens (including phenoxy) is 2. The standard InChI is InChI=1S/C19H17ClN2O4/c1-13(16-4-2-3-5-17(16)20)22-18(23)11-26-19(24)12-25-15-8-6-14(10-21)7-9-15/h2-9,13H,11-12H2,1H3,(H,22,23)/t13-/m1/s1. The fraction of sp³-hybridized carbons (Fsp3) is 0.211. The van der Waals surface area contributed by atoms with Crippen molar-refractivity contribution in [1.29, 1.82) is 5.26 Å². The van der Waals surface area contributed by atoms with Crippen molar-refractivity contribution in [3.63, 3.8) is 0 Å². The zero-order valence-corrected chi connectivity index (χ0v) is 14.8. The van der Waals surface area contributed by atoms with Crippen molar-refractivity contribution >= 4 is 23.5 Å². The number of carbonyl (C=O) groups excluding carboxylic acids is 2. The Balaban J connectivity index is 1.73. The van der Waals surface area contributed by atoms with Gasteiger partial charge in [-0.05, 0) is 42.8 Å². The average Bonchev–Trinajstić information content (AvgIpc) is 2.65. The summed E-state index contributed by atoms with van der Waals surface area (Å²) in [6, 6.07) is 15.1. The van der Waals surface area contributed by atoms with E-state index in [4.69, 9.17) is 26.3 Å². The van der Waals surface area contributed by atoms with E-state index in [0.717, 1.165) is 5.56 Å². The molecule has 0 heterocycles. The molecule has 0 spiro atoms. The summed E-state index contributed by atoms with van der Waals surface area (Å²) in [7, 11) is 0. The smallest absolute Gasteiger partial charge is 0.344 e. The van der Waals surface area contributed by atoms with E-state index in [2.05, 4.69) is 5.32 Å². The van der Waals surface area contributed by atoms with E-state index >= 15 is 0 Å². The summed E-state index contributed by atoms with van der Waals surface area (Å²) in [5, 5.41) is 12.0. The summed E-state index contributed by atoms with van der Waals surface area (Å²) >= 11 is 6.08. The van der Waals surface area contributed by atoms with E-state index in [1.54, 1.807) is 43.3 Å². The molecule has 1 atom stereocenters. The SMILES string of the molecule is C[C@@H](NC(=O)COC(=O)COc1ccc(C#N)cc1)c1ccccc1Cl. The Morgan fingerprint density at radius 2 is 1.85 bits per heavy atom. The molecule has 6 nitrogen and oxygen atoms in total. The van der Waals surface area contributed by atoms with Crippen molar-refractivity contribution in [3.05, 3.63) is 64.7 Å². The van der Waals surface area contributed by atoms with Crippen LogP contribution in [0.4, 0.5) is 0 Å². The van der Waals surface area contributed by atoms with Gasteiger partial charge < -0.3 is 14.8 Å². The van der Waals surface area contributed by atoms with Gasteiger partial charge in [0.25, 0.3) is 5.91 Å². The molecule has 0 saturated carbocycles. The van der Waals surface area contributed by atoms with Crippen LogP contribution in [0, 0.1) is 11.3 Å². The third-order valence-electron chi connectivity index (χ3n) is 3.45. The molecule has 0 aliphatic rings. The minimum Gasteiger partial charge on any atom is -0.482 e. The molecule has 2 aromatic carbocycles.